The van der Waals surface area contributed by atoms with E-state index < -0.39 is 23.6 Å². The van der Waals surface area contributed by atoms with Crippen LogP contribution in [0.3, 0.4) is 0 Å². The monoisotopic (exact) mass is 491 g/mol. The van der Waals surface area contributed by atoms with Crippen LogP contribution < -0.4 is 4.90 Å². The molecule has 176 valence electrons. The number of carbonyl (C=O) groups excluding carboxylic acids is 2. The summed E-state index contributed by atoms with van der Waals surface area (Å²) in [5.41, 5.74) is 1.21. The van der Waals surface area contributed by atoms with Gasteiger partial charge in [-0.2, -0.15) is 13.2 Å². The molecule has 0 bridgehead atoms. The maximum atomic E-state index is 13.4. The zero-order chi connectivity index (χ0) is 24.4. The number of ether oxygens (including phenoxy) is 1. The second-order valence-corrected chi connectivity index (χ2v) is 8.35. The van der Waals surface area contributed by atoms with Gasteiger partial charge < -0.3 is 24.7 Å². The van der Waals surface area contributed by atoms with Crippen molar-refractivity contribution in [3.05, 3.63) is 58.9 Å². The van der Waals surface area contributed by atoms with Gasteiger partial charge in [-0.3, -0.25) is 4.79 Å². The molecule has 0 radical (unpaired) electrons. The third-order valence-electron chi connectivity index (χ3n) is 6.03. The van der Waals surface area contributed by atoms with Crippen molar-refractivity contribution in [3.8, 4) is 5.75 Å². The Bertz CT molecular complexity index is 1470. The largest absolute Gasteiger partial charge is 0.506 e. The van der Waals surface area contributed by atoms with E-state index in [1.165, 1.54) is 36.3 Å². The number of carbonyl (C=O) groups is 2. The molecule has 1 aliphatic rings. The number of alkyl halides is 4. The van der Waals surface area contributed by atoms with Gasteiger partial charge in [0.05, 0.1) is 23.9 Å². The second-order valence-electron chi connectivity index (χ2n) is 8.04. The van der Waals surface area contributed by atoms with Crippen molar-refractivity contribution in [1.82, 2.24) is 9.97 Å². The minimum absolute atomic E-state index is 0.0967. The molecule has 11 heteroatoms. The van der Waals surface area contributed by atoms with E-state index in [0.717, 1.165) is 12.1 Å². The van der Waals surface area contributed by atoms with E-state index in [1.54, 1.807) is 0 Å². The van der Waals surface area contributed by atoms with E-state index in [2.05, 4.69) is 9.97 Å². The van der Waals surface area contributed by atoms with Crippen molar-refractivity contribution in [2.24, 2.45) is 0 Å². The van der Waals surface area contributed by atoms with Crippen LogP contribution in [0.4, 0.5) is 18.9 Å². The first kappa shape index (κ1) is 22.1. The first-order valence-corrected chi connectivity index (χ1v) is 10.7. The van der Waals surface area contributed by atoms with E-state index in [0.29, 0.717) is 27.7 Å². The Morgan fingerprint density at radius 1 is 1.18 bits per heavy atom. The van der Waals surface area contributed by atoms with Crippen molar-refractivity contribution < 1.29 is 32.6 Å². The molecule has 4 aromatic rings. The van der Waals surface area contributed by atoms with E-state index in [9.17, 15) is 27.9 Å². The molecule has 1 atom stereocenters. The van der Waals surface area contributed by atoms with E-state index in [1.807, 2.05) is 0 Å². The Hall–Kier alpha value is -3.66. The van der Waals surface area contributed by atoms with Crippen molar-refractivity contribution in [3.63, 3.8) is 0 Å². The Morgan fingerprint density at radius 2 is 1.94 bits per heavy atom. The van der Waals surface area contributed by atoms with Crippen LogP contribution in [0.5, 0.6) is 5.75 Å². The van der Waals surface area contributed by atoms with E-state index in [-0.39, 0.29) is 40.9 Å². The predicted octanol–water partition coefficient (Wildman–Crippen LogP) is 5.14. The number of aromatic hydroxyl groups is 1. The highest BCUT2D eigenvalue weighted by atomic mass is 35.5. The number of amides is 1. The molecular formula is C23H17ClF3N3O4. The Kier molecular flexibility index (Phi) is 5.01. The molecule has 0 saturated carbocycles. The zero-order valence-corrected chi connectivity index (χ0v) is 18.3. The number of anilines is 1. The van der Waals surface area contributed by atoms with Crippen LogP contribution in [0, 0.1) is 0 Å². The van der Waals surface area contributed by atoms with Crippen molar-refractivity contribution in [1.29, 1.82) is 0 Å². The molecule has 0 unspecified atom stereocenters. The van der Waals surface area contributed by atoms with Crippen LogP contribution in [-0.4, -0.2) is 46.5 Å². The number of phenols is 1. The summed E-state index contributed by atoms with van der Waals surface area (Å²) in [5.74, 6) is -1.42. The molecule has 0 spiro atoms. The van der Waals surface area contributed by atoms with Crippen LogP contribution in [0.2, 0.25) is 0 Å². The number of nitrogens with zero attached hydrogens (tertiary/aromatic N) is 1. The fourth-order valence-electron chi connectivity index (χ4n) is 4.46. The summed E-state index contributed by atoms with van der Waals surface area (Å²) in [6.07, 6.45) is -4.50. The molecule has 1 amide bonds. The van der Waals surface area contributed by atoms with Crippen LogP contribution >= 0.6 is 11.6 Å². The minimum atomic E-state index is -4.50. The maximum absolute atomic E-state index is 13.4. The summed E-state index contributed by atoms with van der Waals surface area (Å²) in [7, 11) is 1.23. The number of aromatic amines is 2. The number of methoxy groups -OCH3 is 1. The number of fused-ring (bicyclic) bond motifs is 4. The Labute approximate surface area is 195 Å². The lowest BCUT2D eigenvalue weighted by atomic mass is 9.98. The molecule has 2 aromatic heterocycles. The molecule has 34 heavy (non-hydrogen) atoms. The topological polar surface area (TPSA) is 98.4 Å². The van der Waals surface area contributed by atoms with Gasteiger partial charge in [-0.25, -0.2) is 4.79 Å². The van der Waals surface area contributed by atoms with Crippen molar-refractivity contribution >= 4 is 51.0 Å². The molecule has 1 aliphatic heterocycles. The highest BCUT2D eigenvalue weighted by Gasteiger charge is 2.36. The molecular weight excluding hydrogens is 475 g/mol. The van der Waals surface area contributed by atoms with Crippen LogP contribution in [0.1, 0.15) is 38.0 Å². The predicted molar refractivity (Wildman–Crippen MR) is 120 cm³/mol. The van der Waals surface area contributed by atoms with Gasteiger partial charge in [0.25, 0.3) is 5.91 Å². The number of hydrogen-bond acceptors (Lipinski definition) is 4. The maximum Gasteiger partial charge on any atom is 0.416 e. The van der Waals surface area contributed by atoms with E-state index >= 15 is 0 Å². The SMILES string of the molecule is COC(=O)c1cc2c3c(cc(O)c2[nH]1)N(C(=O)c1cc2cc(C(F)(F)F)ccc2[nH]1)C[C@H]3CCl. The first-order valence-electron chi connectivity index (χ1n) is 10.2. The molecule has 3 N–H and O–H groups in total. The molecule has 0 fully saturated rings. The molecule has 5 rings (SSSR count). The quantitative estimate of drug-likeness (QED) is 0.273. The summed E-state index contributed by atoms with van der Waals surface area (Å²) in [6.45, 7) is 0.193. The number of halogens is 4. The smallest absolute Gasteiger partial charge is 0.416 e. The molecule has 0 aliphatic carbocycles. The number of rotatable bonds is 3. The third kappa shape index (κ3) is 3.37. The Morgan fingerprint density at radius 3 is 2.62 bits per heavy atom. The average molecular weight is 492 g/mol. The fraction of sp³-hybridized carbons (Fsp3) is 0.217. The molecule has 7 nitrogen and oxygen atoms in total. The van der Waals surface area contributed by atoms with Gasteiger partial charge in [0, 0.05) is 40.7 Å². The molecule has 2 aromatic carbocycles. The normalized spacial score (nSPS) is 15.8. The number of phenolic OH excluding ortho intramolecular Hbond substituents is 1. The highest BCUT2D eigenvalue weighted by Crippen LogP contribution is 2.46. The van der Waals surface area contributed by atoms with Gasteiger partial charge >= 0.3 is 12.1 Å². The van der Waals surface area contributed by atoms with E-state index in [4.69, 9.17) is 16.3 Å². The van der Waals surface area contributed by atoms with Crippen LogP contribution in [0.25, 0.3) is 21.8 Å². The van der Waals surface area contributed by atoms with Crippen LogP contribution in [-0.2, 0) is 10.9 Å². The average Bonchev–Trinajstić information content (AvgIpc) is 3.51. The number of benzene rings is 2. The summed E-state index contributed by atoms with van der Waals surface area (Å²) >= 11 is 6.20. The van der Waals surface area contributed by atoms with Crippen LogP contribution in [0.15, 0.2) is 36.4 Å². The van der Waals surface area contributed by atoms with Gasteiger partial charge in [0.15, 0.2) is 0 Å². The minimum Gasteiger partial charge on any atom is -0.506 e. The van der Waals surface area contributed by atoms with Crippen molar-refractivity contribution in [2.75, 3.05) is 24.4 Å². The fourth-order valence-corrected chi connectivity index (χ4v) is 4.71. The summed E-state index contributed by atoms with van der Waals surface area (Å²) < 4.78 is 43.9. The number of hydrogen-bond donors (Lipinski definition) is 3. The summed E-state index contributed by atoms with van der Waals surface area (Å²) in [5, 5.41) is 11.4. The zero-order valence-electron chi connectivity index (χ0n) is 17.6. The standard InChI is InChI=1S/C23H17ClF3N3O4/c1-34-22(33)16-6-13-19-11(8-24)9-30(17(19)7-18(31)20(13)29-16)21(32)15-5-10-4-12(23(25,26)27)2-3-14(10)28-15/h2-7,11,28-29,31H,8-9H2,1H3/t11-/m1/s1. The second kappa shape index (κ2) is 7.69. The summed E-state index contributed by atoms with van der Waals surface area (Å²) in [6, 6.07) is 7.51. The van der Waals surface area contributed by atoms with Gasteiger partial charge in [-0.15, -0.1) is 11.6 Å². The lowest BCUT2D eigenvalue weighted by Gasteiger charge is -2.17. The lowest BCUT2D eigenvalue weighted by Crippen LogP contribution is -2.30. The summed E-state index contributed by atoms with van der Waals surface area (Å²) in [4.78, 5) is 32.5. The van der Waals surface area contributed by atoms with Crippen molar-refractivity contribution in [2.45, 2.75) is 12.1 Å². The lowest BCUT2D eigenvalue weighted by molar-refractivity contribution is -0.137. The highest BCUT2D eigenvalue weighted by molar-refractivity contribution is 6.19. The number of nitrogens with one attached hydrogen (secondary N) is 2. The van der Waals surface area contributed by atoms with Gasteiger partial charge in [-0.1, -0.05) is 0 Å². The van der Waals surface area contributed by atoms with Gasteiger partial charge in [0.2, 0.25) is 0 Å². The number of H-pyrrole nitrogens is 2. The first-order chi connectivity index (χ1) is 16.1. The molecule has 0 saturated heterocycles. The van der Waals surface area contributed by atoms with Gasteiger partial charge in [-0.05, 0) is 35.9 Å². The number of esters is 1. The van der Waals surface area contributed by atoms with Gasteiger partial charge in [0.1, 0.15) is 17.1 Å². The Balaban J connectivity index is 1.59. The molecule has 3 heterocycles. The number of aromatic nitrogens is 2. The third-order valence-corrected chi connectivity index (χ3v) is 6.40.